The van der Waals surface area contributed by atoms with Crippen LogP contribution in [-0.4, -0.2) is 42.7 Å². The Morgan fingerprint density at radius 3 is 1.88 bits per heavy atom. The van der Waals surface area contributed by atoms with Crippen molar-refractivity contribution >= 4 is 23.5 Å². The highest BCUT2D eigenvalue weighted by molar-refractivity contribution is 6.33. The highest BCUT2D eigenvalue weighted by atomic mass is 35.5. The topological polar surface area (TPSA) is 71.1 Å². The number of ether oxygens (including phenoxy) is 2. The quantitative estimate of drug-likeness (QED) is 0.0485. The smallest absolute Gasteiger partial charge is 0.461 e. The largest absolute Gasteiger partial charge is 0.494 e. The second-order valence-electron chi connectivity index (χ2n) is 8.79. The first kappa shape index (κ1) is 35.0. The van der Waals surface area contributed by atoms with Crippen LogP contribution >= 0.6 is 11.6 Å². The van der Waals surface area contributed by atoms with Crippen molar-refractivity contribution in [3.8, 4) is 11.5 Å². The molecule has 0 bridgehead atoms. The van der Waals surface area contributed by atoms with Gasteiger partial charge in [0.1, 0.15) is 11.5 Å². The molecule has 0 saturated heterocycles. The predicted octanol–water partition coefficient (Wildman–Crippen LogP) is 8.81. The Morgan fingerprint density at radius 2 is 1.31 bits per heavy atom. The Kier molecular flexibility index (Phi) is 11.9. The molecule has 0 unspecified atom stereocenters. The highest BCUT2D eigenvalue weighted by Gasteiger charge is 2.83. The van der Waals surface area contributed by atoms with Crippen LogP contribution in [-0.2, 0) is 9.78 Å². The molecule has 0 radical (unpaired) electrons. The van der Waals surface area contributed by atoms with Gasteiger partial charge in [-0.05, 0) is 42.8 Å². The number of hydrogen-bond donors (Lipinski definition) is 0. The SMILES string of the molecule is CCCCCCCCOc1ccc(C(=O)Oc2ccc(C(=O)OOC(F)(F)C(F)(F)C(F)(F)C(F)(F)F)c(Cl)c2)cc1. The fourth-order valence-electron chi connectivity index (χ4n) is 3.20. The summed E-state index contributed by atoms with van der Waals surface area (Å²) in [4.78, 5) is 30.3. The van der Waals surface area contributed by atoms with Gasteiger partial charge in [0.15, 0.2) is 0 Å². The summed E-state index contributed by atoms with van der Waals surface area (Å²) in [5.74, 6) is -17.1. The molecule has 16 heteroatoms. The fourth-order valence-corrected chi connectivity index (χ4v) is 3.45. The summed E-state index contributed by atoms with van der Waals surface area (Å²) in [6, 6.07) is 8.26. The lowest BCUT2D eigenvalue weighted by Crippen LogP contribution is -2.61. The van der Waals surface area contributed by atoms with E-state index in [4.69, 9.17) is 21.1 Å². The van der Waals surface area contributed by atoms with Crippen LogP contribution in [0.1, 0.15) is 66.2 Å². The van der Waals surface area contributed by atoms with Crippen molar-refractivity contribution in [2.45, 2.75) is 69.6 Å². The monoisotopic (exact) mass is 638 g/mol. The minimum absolute atomic E-state index is 0.0775. The van der Waals surface area contributed by atoms with Crippen LogP contribution in [0.2, 0.25) is 5.02 Å². The molecule has 2 rings (SSSR count). The van der Waals surface area contributed by atoms with Gasteiger partial charge in [0, 0.05) is 6.07 Å². The van der Waals surface area contributed by atoms with E-state index in [-0.39, 0.29) is 11.3 Å². The van der Waals surface area contributed by atoms with Crippen LogP contribution in [0, 0.1) is 0 Å². The molecule has 42 heavy (non-hydrogen) atoms. The average Bonchev–Trinajstić information content (AvgIpc) is 2.91. The molecule has 0 aliphatic carbocycles. The molecule has 0 aliphatic heterocycles. The van der Waals surface area contributed by atoms with Gasteiger partial charge in [-0.25, -0.2) is 9.59 Å². The van der Waals surface area contributed by atoms with Gasteiger partial charge >= 0.3 is 36.1 Å². The van der Waals surface area contributed by atoms with E-state index in [0.29, 0.717) is 18.4 Å². The molecule has 0 aliphatic rings. The van der Waals surface area contributed by atoms with E-state index in [2.05, 4.69) is 16.7 Å². The summed E-state index contributed by atoms with van der Waals surface area (Å²) < 4.78 is 126. The van der Waals surface area contributed by atoms with E-state index < -0.39 is 46.7 Å². The molecule has 0 aromatic heterocycles. The molecular formula is C26H24ClF9O6. The van der Waals surface area contributed by atoms with E-state index in [0.717, 1.165) is 44.2 Å². The van der Waals surface area contributed by atoms with E-state index in [9.17, 15) is 49.1 Å². The second-order valence-corrected chi connectivity index (χ2v) is 9.20. The maximum absolute atomic E-state index is 13.4. The molecule has 0 spiro atoms. The number of benzene rings is 2. The van der Waals surface area contributed by atoms with Gasteiger partial charge in [-0.15, -0.1) is 4.89 Å². The summed E-state index contributed by atoms with van der Waals surface area (Å²) in [6.07, 6.45) is -7.19. The van der Waals surface area contributed by atoms with E-state index in [1.54, 1.807) is 0 Å². The lowest BCUT2D eigenvalue weighted by molar-refractivity contribution is -0.503. The number of alkyl halides is 9. The Bertz CT molecular complexity index is 1200. The highest BCUT2D eigenvalue weighted by Crippen LogP contribution is 2.53. The van der Waals surface area contributed by atoms with Gasteiger partial charge in [0.2, 0.25) is 0 Å². The van der Waals surface area contributed by atoms with Crippen molar-refractivity contribution in [2.24, 2.45) is 0 Å². The second kappa shape index (κ2) is 14.3. The third kappa shape index (κ3) is 8.66. The molecule has 0 N–H and O–H groups in total. The molecule has 6 nitrogen and oxygen atoms in total. The van der Waals surface area contributed by atoms with Crippen LogP contribution in [0.4, 0.5) is 39.5 Å². The minimum Gasteiger partial charge on any atom is -0.494 e. The lowest BCUT2D eigenvalue weighted by atomic mass is 10.1. The Balaban J connectivity index is 1.95. The molecule has 234 valence electrons. The number of esters is 1. The standard InChI is InChI=1S/C26H24ClF9O6/c1-2-3-4-5-6-7-14-39-17-10-8-16(9-11-17)21(37)40-18-12-13-19(20(27)15-18)22(38)41-42-26(35,36)24(30,31)23(28,29)25(32,33)34/h8-13,15H,2-7,14H2,1H3. The van der Waals surface area contributed by atoms with Gasteiger partial charge < -0.3 is 9.47 Å². The predicted molar refractivity (Wildman–Crippen MR) is 129 cm³/mol. The number of halogens is 10. The van der Waals surface area contributed by atoms with Crippen molar-refractivity contribution in [2.75, 3.05) is 6.61 Å². The maximum atomic E-state index is 13.4. The number of rotatable bonds is 15. The van der Waals surface area contributed by atoms with Crippen molar-refractivity contribution in [3.05, 3.63) is 58.6 Å². The summed E-state index contributed by atoms with van der Waals surface area (Å²) in [7, 11) is 0. The molecule has 0 saturated carbocycles. The van der Waals surface area contributed by atoms with Crippen LogP contribution in [0.3, 0.4) is 0 Å². The molecule has 0 atom stereocenters. The Hall–Kier alpha value is -3.20. The molecular weight excluding hydrogens is 615 g/mol. The molecule has 0 heterocycles. The van der Waals surface area contributed by atoms with Gasteiger partial charge in [-0.2, -0.15) is 39.5 Å². The normalized spacial score (nSPS) is 12.6. The zero-order chi connectivity index (χ0) is 31.8. The molecule has 0 fully saturated rings. The summed E-state index contributed by atoms with van der Waals surface area (Å²) in [6.45, 7) is 2.62. The first-order valence-corrected chi connectivity index (χ1v) is 12.7. The number of hydrogen-bond acceptors (Lipinski definition) is 6. The first-order chi connectivity index (χ1) is 19.4. The average molecular weight is 639 g/mol. The maximum Gasteiger partial charge on any atom is 0.461 e. The van der Waals surface area contributed by atoms with Gasteiger partial charge in [-0.1, -0.05) is 50.6 Å². The Morgan fingerprint density at radius 1 is 0.738 bits per heavy atom. The van der Waals surface area contributed by atoms with Crippen LogP contribution in [0.15, 0.2) is 42.5 Å². The van der Waals surface area contributed by atoms with Crippen molar-refractivity contribution in [1.29, 1.82) is 0 Å². The van der Waals surface area contributed by atoms with Crippen molar-refractivity contribution in [1.82, 2.24) is 0 Å². The number of unbranched alkanes of at least 4 members (excludes halogenated alkanes) is 5. The summed E-state index contributed by atoms with van der Waals surface area (Å²) in [5.41, 5.74) is -0.807. The van der Waals surface area contributed by atoms with Crippen molar-refractivity contribution < 1.29 is 68.4 Å². The zero-order valence-electron chi connectivity index (χ0n) is 21.7. The number of carbonyl (C=O) groups is 2. The zero-order valence-corrected chi connectivity index (χ0v) is 22.5. The summed E-state index contributed by atoms with van der Waals surface area (Å²) >= 11 is 5.77. The summed E-state index contributed by atoms with van der Waals surface area (Å²) in [5, 5.41) is -0.678. The lowest BCUT2D eigenvalue weighted by Gasteiger charge is -2.31. The van der Waals surface area contributed by atoms with Gasteiger partial charge in [0.05, 0.1) is 22.8 Å². The fraction of sp³-hybridized carbons (Fsp3) is 0.462. The Labute approximate surface area is 238 Å². The van der Waals surface area contributed by atoms with Crippen molar-refractivity contribution in [3.63, 3.8) is 0 Å². The first-order valence-electron chi connectivity index (χ1n) is 12.3. The minimum atomic E-state index is -7.25. The van der Waals surface area contributed by atoms with E-state index >= 15 is 0 Å². The van der Waals surface area contributed by atoms with E-state index in [1.807, 2.05) is 0 Å². The number of carbonyl (C=O) groups excluding carboxylic acids is 2. The van der Waals surface area contributed by atoms with Crippen LogP contribution in [0.25, 0.3) is 0 Å². The van der Waals surface area contributed by atoms with E-state index in [1.165, 1.54) is 30.7 Å². The van der Waals surface area contributed by atoms with Crippen LogP contribution < -0.4 is 9.47 Å². The third-order valence-corrected chi connectivity index (χ3v) is 5.88. The van der Waals surface area contributed by atoms with Gasteiger partial charge in [-0.3, -0.25) is 4.89 Å². The van der Waals surface area contributed by atoms with Crippen LogP contribution in [0.5, 0.6) is 11.5 Å². The molecule has 0 amide bonds. The molecule has 2 aromatic rings. The molecule has 2 aromatic carbocycles. The van der Waals surface area contributed by atoms with Gasteiger partial charge in [0.25, 0.3) is 0 Å². The third-order valence-electron chi connectivity index (χ3n) is 5.57.